The van der Waals surface area contributed by atoms with Gasteiger partial charge in [-0.05, 0) is 25.3 Å². The third kappa shape index (κ3) is 3.18. The van der Waals surface area contributed by atoms with E-state index in [-0.39, 0.29) is 0 Å². The maximum absolute atomic E-state index is 5.34. The monoisotopic (exact) mass is 221 g/mol. The number of nitrogens with zero attached hydrogens (tertiary/aromatic N) is 2. The van der Waals surface area contributed by atoms with Crippen LogP contribution in [0, 0.1) is 5.92 Å². The minimum Gasteiger partial charge on any atom is -0.381 e. The van der Waals surface area contributed by atoms with Gasteiger partial charge in [-0.1, -0.05) is 6.58 Å². The molecule has 1 saturated heterocycles. The fourth-order valence-corrected chi connectivity index (χ4v) is 1.92. The van der Waals surface area contributed by atoms with Gasteiger partial charge < -0.3 is 10.1 Å². The number of ether oxygens (including phenoxy) is 1. The van der Waals surface area contributed by atoms with E-state index in [1.807, 2.05) is 12.4 Å². The molecule has 1 aromatic heterocycles. The first-order valence-electron chi connectivity index (χ1n) is 5.82. The Morgan fingerprint density at radius 1 is 1.69 bits per heavy atom. The van der Waals surface area contributed by atoms with Crippen LogP contribution in [-0.4, -0.2) is 29.5 Å². The molecule has 2 rings (SSSR count). The molecule has 1 aliphatic rings. The number of rotatable bonds is 6. The van der Waals surface area contributed by atoms with Crippen molar-refractivity contribution in [3.05, 3.63) is 24.5 Å². The van der Waals surface area contributed by atoms with Gasteiger partial charge in [0.05, 0.1) is 6.20 Å². The van der Waals surface area contributed by atoms with E-state index >= 15 is 0 Å². The van der Waals surface area contributed by atoms with E-state index in [0.29, 0.717) is 0 Å². The summed E-state index contributed by atoms with van der Waals surface area (Å²) in [4.78, 5) is 0. The first-order chi connectivity index (χ1) is 7.88. The molecule has 2 heterocycles. The number of hydrogen-bond donors (Lipinski definition) is 1. The van der Waals surface area contributed by atoms with Crippen LogP contribution in [-0.2, 0) is 11.3 Å². The fourth-order valence-electron chi connectivity index (χ4n) is 1.92. The average molecular weight is 221 g/mol. The standard InChI is InChI=1S/C12H19N3O/c1-2-15-9-12(8-14-15)7-13-5-3-11-4-6-16-10-11/h2,8-9,11,13H,1,3-7,10H2. The smallest absolute Gasteiger partial charge is 0.0538 e. The number of hydrogen-bond acceptors (Lipinski definition) is 3. The van der Waals surface area contributed by atoms with Gasteiger partial charge in [0.1, 0.15) is 0 Å². The summed E-state index contributed by atoms with van der Waals surface area (Å²) >= 11 is 0. The topological polar surface area (TPSA) is 39.1 Å². The molecular formula is C12H19N3O. The van der Waals surface area contributed by atoms with Crippen LogP contribution in [0.1, 0.15) is 18.4 Å². The first kappa shape index (κ1) is 11.4. The molecule has 0 aromatic carbocycles. The lowest BCUT2D eigenvalue weighted by Crippen LogP contribution is -2.17. The number of nitrogens with one attached hydrogen (secondary N) is 1. The summed E-state index contributed by atoms with van der Waals surface area (Å²) in [5, 5.41) is 7.55. The van der Waals surface area contributed by atoms with E-state index in [1.54, 1.807) is 10.9 Å². The zero-order valence-electron chi connectivity index (χ0n) is 9.56. The molecule has 1 aromatic rings. The second-order valence-electron chi connectivity index (χ2n) is 4.21. The Kier molecular flexibility index (Phi) is 4.13. The molecule has 0 amide bonds. The highest BCUT2D eigenvalue weighted by Crippen LogP contribution is 2.15. The third-order valence-corrected chi connectivity index (χ3v) is 2.92. The van der Waals surface area contributed by atoms with Crippen molar-refractivity contribution in [3.8, 4) is 0 Å². The van der Waals surface area contributed by atoms with E-state index in [2.05, 4.69) is 17.0 Å². The van der Waals surface area contributed by atoms with Crippen molar-refractivity contribution >= 4 is 6.20 Å². The Labute approximate surface area is 96.3 Å². The molecule has 0 spiro atoms. The molecular weight excluding hydrogens is 202 g/mol. The Balaban J connectivity index is 1.61. The molecule has 0 saturated carbocycles. The highest BCUT2D eigenvalue weighted by molar-refractivity contribution is 5.17. The second-order valence-corrected chi connectivity index (χ2v) is 4.21. The SMILES string of the molecule is C=Cn1cc(CNCCC2CCOC2)cn1. The molecule has 1 atom stereocenters. The Hall–Kier alpha value is -1.13. The van der Waals surface area contributed by atoms with Crippen LogP contribution in [0.3, 0.4) is 0 Å². The molecule has 4 heteroatoms. The largest absolute Gasteiger partial charge is 0.381 e. The minimum atomic E-state index is 0.753. The molecule has 1 aliphatic heterocycles. The zero-order valence-corrected chi connectivity index (χ0v) is 9.56. The van der Waals surface area contributed by atoms with Crippen LogP contribution in [0.25, 0.3) is 6.20 Å². The van der Waals surface area contributed by atoms with Crippen LogP contribution in [0.15, 0.2) is 19.0 Å². The molecule has 4 nitrogen and oxygen atoms in total. The van der Waals surface area contributed by atoms with Gasteiger partial charge in [0.25, 0.3) is 0 Å². The highest BCUT2D eigenvalue weighted by atomic mass is 16.5. The summed E-state index contributed by atoms with van der Waals surface area (Å²) in [5.74, 6) is 0.753. The van der Waals surface area contributed by atoms with E-state index in [9.17, 15) is 0 Å². The van der Waals surface area contributed by atoms with Gasteiger partial charge in [-0.2, -0.15) is 5.10 Å². The molecule has 16 heavy (non-hydrogen) atoms. The summed E-state index contributed by atoms with van der Waals surface area (Å²) < 4.78 is 7.06. The van der Waals surface area contributed by atoms with E-state index < -0.39 is 0 Å². The molecule has 0 aliphatic carbocycles. The predicted octanol–water partition coefficient (Wildman–Crippen LogP) is 1.50. The molecule has 1 fully saturated rings. The molecule has 1 N–H and O–H groups in total. The summed E-state index contributed by atoms with van der Waals surface area (Å²) in [7, 11) is 0. The lowest BCUT2D eigenvalue weighted by Gasteiger charge is -2.07. The van der Waals surface area contributed by atoms with Gasteiger partial charge >= 0.3 is 0 Å². The minimum absolute atomic E-state index is 0.753. The third-order valence-electron chi connectivity index (χ3n) is 2.92. The predicted molar refractivity (Wildman–Crippen MR) is 63.9 cm³/mol. The summed E-state index contributed by atoms with van der Waals surface area (Å²) in [6.45, 7) is 7.47. The maximum atomic E-state index is 5.34. The quantitative estimate of drug-likeness (QED) is 0.740. The van der Waals surface area contributed by atoms with E-state index in [4.69, 9.17) is 4.74 Å². The van der Waals surface area contributed by atoms with Crippen molar-refractivity contribution < 1.29 is 4.74 Å². The number of aromatic nitrogens is 2. The highest BCUT2D eigenvalue weighted by Gasteiger charge is 2.14. The maximum Gasteiger partial charge on any atom is 0.0538 e. The van der Waals surface area contributed by atoms with Crippen LogP contribution in [0.4, 0.5) is 0 Å². The van der Waals surface area contributed by atoms with Crippen LogP contribution in [0.2, 0.25) is 0 Å². The van der Waals surface area contributed by atoms with Crippen LogP contribution < -0.4 is 5.32 Å². The molecule has 0 radical (unpaired) electrons. The Morgan fingerprint density at radius 3 is 3.31 bits per heavy atom. The Morgan fingerprint density at radius 2 is 2.62 bits per heavy atom. The van der Waals surface area contributed by atoms with Gasteiger partial charge in [-0.3, -0.25) is 0 Å². The normalized spacial score (nSPS) is 20.1. The Bertz CT molecular complexity index is 329. The summed E-state index contributed by atoms with van der Waals surface area (Å²) in [6, 6.07) is 0. The van der Waals surface area contributed by atoms with Gasteiger partial charge in [-0.25, -0.2) is 4.68 Å². The van der Waals surface area contributed by atoms with Gasteiger partial charge in [0.15, 0.2) is 0 Å². The first-order valence-corrected chi connectivity index (χ1v) is 5.82. The lowest BCUT2D eigenvalue weighted by molar-refractivity contribution is 0.184. The van der Waals surface area contributed by atoms with Gasteiger partial charge in [0.2, 0.25) is 0 Å². The van der Waals surface area contributed by atoms with Crippen molar-refractivity contribution in [2.75, 3.05) is 19.8 Å². The fraction of sp³-hybridized carbons (Fsp3) is 0.583. The molecule has 1 unspecified atom stereocenters. The van der Waals surface area contributed by atoms with Gasteiger partial charge in [-0.15, -0.1) is 0 Å². The van der Waals surface area contributed by atoms with Crippen molar-refractivity contribution in [1.82, 2.24) is 15.1 Å². The van der Waals surface area contributed by atoms with E-state index in [1.165, 1.54) is 18.4 Å². The summed E-state index contributed by atoms with van der Waals surface area (Å²) in [6.07, 6.45) is 7.97. The lowest BCUT2D eigenvalue weighted by atomic mass is 10.1. The summed E-state index contributed by atoms with van der Waals surface area (Å²) in [5.41, 5.74) is 1.20. The van der Waals surface area contributed by atoms with Crippen molar-refractivity contribution in [2.45, 2.75) is 19.4 Å². The van der Waals surface area contributed by atoms with Crippen molar-refractivity contribution in [1.29, 1.82) is 0 Å². The van der Waals surface area contributed by atoms with E-state index in [0.717, 1.165) is 32.2 Å². The van der Waals surface area contributed by atoms with Crippen LogP contribution in [0.5, 0.6) is 0 Å². The van der Waals surface area contributed by atoms with Crippen molar-refractivity contribution in [3.63, 3.8) is 0 Å². The van der Waals surface area contributed by atoms with Crippen LogP contribution >= 0.6 is 0 Å². The second kappa shape index (κ2) is 5.82. The molecule has 88 valence electrons. The zero-order chi connectivity index (χ0) is 11.2. The average Bonchev–Trinajstić information content (AvgIpc) is 2.95. The van der Waals surface area contributed by atoms with Crippen molar-refractivity contribution in [2.24, 2.45) is 5.92 Å². The molecule has 0 bridgehead atoms. The van der Waals surface area contributed by atoms with Gasteiger partial charge in [0, 0.05) is 37.7 Å².